The predicted octanol–water partition coefficient (Wildman–Crippen LogP) is 4.34. The minimum atomic E-state index is -0.425. The Bertz CT molecular complexity index is 977. The Hall–Kier alpha value is -3.32. The van der Waals surface area contributed by atoms with E-state index in [0.717, 1.165) is 11.3 Å². The first-order valence-corrected chi connectivity index (χ1v) is 8.35. The van der Waals surface area contributed by atoms with Gasteiger partial charge in [0, 0.05) is 10.7 Å². The van der Waals surface area contributed by atoms with Crippen LogP contribution in [-0.4, -0.2) is 23.0 Å². The van der Waals surface area contributed by atoms with Crippen LogP contribution in [0.1, 0.15) is 15.9 Å². The Morgan fingerprint density at radius 1 is 1.15 bits per heavy atom. The first-order chi connectivity index (χ1) is 13.0. The standard InChI is InChI=1S/C19H17ClN4O3/c1-11-3-6-13(9-15(11)20)24-17-16(21)18(23-10-22-17)27-14-7-4-12(5-8-14)19(25)26-2/h3-10H,21H2,1-2H3,(H,22,23,24). The van der Waals surface area contributed by atoms with Crippen molar-refractivity contribution in [3.05, 3.63) is 64.9 Å². The molecule has 0 atom stereocenters. The minimum Gasteiger partial charge on any atom is -0.465 e. The molecule has 8 heteroatoms. The molecule has 7 nitrogen and oxygen atoms in total. The van der Waals surface area contributed by atoms with Gasteiger partial charge in [-0.3, -0.25) is 0 Å². The topological polar surface area (TPSA) is 99.4 Å². The van der Waals surface area contributed by atoms with E-state index in [2.05, 4.69) is 20.0 Å². The van der Waals surface area contributed by atoms with E-state index >= 15 is 0 Å². The quantitative estimate of drug-likeness (QED) is 0.631. The van der Waals surface area contributed by atoms with Crippen LogP contribution < -0.4 is 15.8 Å². The molecule has 2 aromatic carbocycles. The summed E-state index contributed by atoms with van der Waals surface area (Å²) >= 11 is 6.14. The molecule has 0 amide bonds. The van der Waals surface area contributed by atoms with Gasteiger partial charge < -0.3 is 20.5 Å². The number of aromatic nitrogens is 2. The summed E-state index contributed by atoms with van der Waals surface area (Å²) in [6.45, 7) is 1.92. The first kappa shape index (κ1) is 18.5. The fraction of sp³-hybridized carbons (Fsp3) is 0.105. The fourth-order valence-electron chi connectivity index (χ4n) is 2.26. The highest BCUT2D eigenvalue weighted by Gasteiger charge is 2.12. The van der Waals surface area contributed by atoms with Crippen molar-refractivity contribution in [1.29, 1.82) is 0 Å². The normalized spacial score (nSPS) is 10.3. The van der Waals surface area contributed by atoms with E-state index in [9.17, 15) is 4.79 Å². The number of esters is 1. The van der Waals surface area contributed by atoms with Crippen LogP contribution in [0.2, 0.25) is 5.02 Å². The number of carbonyl (C=O) groups excluding carboxylic acids is 1. The number of halogens is 1. The van der Waals surface area contributed by atoms with Gasteiger partial charge in [0.2, 0.25) is 5.88 Å². The van der Waals surface area contributed by atoms with Crippen LogP contribution >= 0.6 is 11.6 Å². The number of carbonyl (C=O) groups is 1. The number of nitrogens with two attached hydrogens (primary N) is 1. The third kappa shape index (κ3) is 4.27. The number of nitrogens with one attached hydrogen (secondary N) is 1. The monoisotopic (exact) mass is 384 g/mol. The molecule has 0 aliphatic rings. The Morgan fingerprint density at radius 3 is 2.56 bits per heavy atom. The van der Waals surface area contributed by atoms with Gasteiger partial charge in [-0.1, -0.05) is 17.7 Å². The second kappa shape index (κ2) is 7.92. The molecule has 0 unspecified atom stereocenters. The number of hydrogen-bond acceptors (Lipinski definition) is 7. The lowest BCUT2D eigenvalue weighted by molar-refractivity contribution is 0.0600. The van der Waals surface area contributed by atoms with Crippen LogP contribution in [0.25, 0.3) is 0 Å². The summed E-state index contributed by atoms with van der Waals surface area (Å²) in [6, 6.07) is 12.0. The smallest absolute Gasteiger partial charge is 0.337 e. The van der Waals surface area contributed by atoms with Crippen molar-refractivity contribution in [2.24, 2.45) is 0 Å². The average molecular weight is 385 g/mol. The zero-order chi connectivity index (χ0) is 19.4. The van der Waals surface area contributed by atoms with E-state index in [1.807, 2.05) is 19.1 Å². The summed E-state index contributed by atoms with van der Waals surface area (Å²) in [6.07, 6.45) is 1.34. The second-order valence-corrected chi connectivity index (χ2v) is 6.06. The van der Waals surface area contributed by atoms with Gasteiger partial charge in [-0.25, -0.2) is 9.78 Å². The number of anilines is 3. The lowest BCUT2D eigenvalue weighted by Gasteiger charge is -2.12. The number of methoxy groups -OCH3 is 1. The van der Waals surface area contributed by atoms with Crippen LogP contribution in [0.15, 0.2) is 48.8 Å². The molecule has 0 bridgehead atoms. The summed E-state index contributed by atoms with van der Waals surface area (Å²) in [5.41, 5.74) is 8.49. The van der Waals surface area contributed by atoms with Gasteiger partial charge in [-0.05, 0) is 48.9 Å². The number of benzene rings is 2. The lowest BCUT2D eigenvalue weighted by Crippen LogP contribution is -2.03. The SMILES string of the molecule is COC(=O)c1ccc(Oc2ncnc(Nc3ccc(C)c(Cl)c3)c2N)cc1. The van der Waals surface area contributed by atoms with Crippen LogP contribution in [0, 0.1) is 6.92 Å². The largest absolute Gasteiger partial charge is 0.465 e. The molecular weight excluding hydrogens is 368 g/mol. The van der Waals surface area contributed by atoms with E-state index < -0.39 is 5.97 Å². The molecule has 27 heavy (non-hydrogen) atoms. The number of nitrogen functional groups attached to an aromatic ring is 1. The van der Waals surface area contributed by atoms with Crippen molar-refractivity contribution in [2.45, 2.75) is 6.92 Å². The number of ether oxygens (including phenoxy) is 2. The van der Waals surface area contributed by atoms with Gasteiger partial charge in [-0.15, -0.1) is 0 Å². The molecule has 3 N–H and O–H groups in total. The Morgan fingerprint density at radius 2 is 1.89 bits per heavy atom. The van der Waals surface area contributed by atoms with Crippen molar-refractivity contribution < 1.29 is 14.3 Å². The molecule has 138 valence electrons. The van der Waals surface area contributed by atoms with Crippen molar-refractivity contribution in [3.8, 4) is 11.6 Å². The molecule has 0 saturated heterocycles. The summed E-state index contributed by atoms with van der Waals surface area (Å²) in [7, 11) is 1.32. The van der Waals surface area contributed by atoms with Crippen molar-refractivity contribution in [1.82, 2.24) is 9.97 Å². The Balaban J connectivity index is 1.80. The molecule has 0 aliphatic carbocycles. The lowest BCUT2D eigenvalue weighted by atomic mass is 10.2. The number of aryl methyl sites for hydroxylation is 1. The Labute approximate surface area is 161 Å². The highest BCUT2D eigenvalue weighted by atomic mass is 35.5. The minimum absolute atomic E-state index is 0.191. The van der Waals surface area contributed by atoms with E-state index in [4.69, 9.17) is 22.1 Å². The van der Waals surface area contributed by atoms with Gasteiger partial charge in [0.15, 0.2) is 5.82 Å². The van der Waals surface area contributed by atoms with Gasteiger partial charge in [0.1, 0.15) is 17.8 Å². The summed E-state index contributed by atoms with van der Waals surface area (Å²) < 4.78 is 10.4. The number of hydrogen-bond donors (Lipinski definition) is 2. The highest BCUT2D eigenvalue weighted by Crippen LogP contribution is 2.31. The fourth-order valence-corrected chi connectivity index (χ4v) is 2.44. The van der Waals surface area contributed by atoms with E-state index in [1.54, 1.807) is 30.3 Å². The molecule has 0 spiro atoms. The zero-order valence-corrected chi connectivity index (χ0v) is 15.4. The molecule has 0 aliphatic heterocycles. The average Bonchev–Trinajstić information content (AvgIpc) is 2.68. The van der Waals surface area contributed by atoms with Crippen LogP contribution in [0.3, 0.4) is 0 Å². The third-order valence-electron chi connectivity index (χ3n) is 3.77. The highest BCUT2D eigenvalue weighted by molar-refractivity contribution is 6.31. The van der Waals surface area contributed by atoms with E-state index in [-0.39, 0.29) is 11.6 Å². The number of rotatable bonds is 5. The van der Waals surface area contributed by atoms with Gasteiger partial charge >= 0.3 is 5.97 Å². The van der Waals surface area contributed by atoms with Gasteiger partial charge in [0.05, 0.1) is 12.7 Å². The maximum Gasteiger partial charge on any atom is 0.337 e. The van der Waals surface area contributed by atoms with Gasteiger partial charge in [-0.2, -0.15) is 4.98 Å². The van der Waals surface area contributed by atoms with E-state index in [1.165, 1.54) is 13.4 Å². The van der Waals surface area contributed by atoms with Crippen molar-refractivity contribution in [3.63, 3.8) is 0 Å². The molecule has 0 fully saturated rings. The molecule has 0 saturated carbocycles. The summed E-state index contributed by atoms with van der Waals surface area (Å²) in [5, 5.41) is 3.73. The first-order valence-electron chi connectivity index (χ1n) is 7.98. The van der Waals surface area contributed by atoms with Crippen LogP contribution in [0.5, 0.6) is 11.6 Å². The van der Waals surface area contributed by atoms with Crippen molar-refractivity contribution >= 4 is 34.8 Å². The van der Waals surface area contributed by atoms with Crippen molar-refractivity contribution in [2.75, 3.05) is 18.2 Å². The third-order valence-corrected chi connectivity index (χ3v) is 4.18. The molecule has 1 aromatic heterocycles. The molecule has 0 radical (unpaired) electrons. The Kier molecular flexibility index (Phi) is 5.42. The molecular formula is C19H17ClN4O3. The maximum absolute atomic E-state index is 11.5. The summed E-state index contributed by atoms with van der Waals surface area (Å²) in [5.74, 6) is 0.631. The van der Waals surface area contributed by atoms with Crippen LogP contribution in [-0.2, 0) is 4.74 Å². The predicted molar refractivity (Wildman–Crippen MR) is 104 cm³/mol. The van der Waals surface area contributed by atoms with E-state index in [0.29, 0.717) is 22.2 Å². The molecule has 3 rings (SSSR count). The zero-order valence-electron chi connectivity index (χ0n) is 14.7. The molecule has 3 aromatic rings. The van der Waals surface area contributed by atoms with Gasteiger partial charge in [0.25, 0.3) is 0 Å². The molecule has 1 heterocycles. The number of nitrogens with zero attached hydrogens (tertiary/aromatic N) is 2. The second-order valence-electron chi connectivity index (χ2n) is 5.65. The van der Waals surface area contributed by atoms with Crippen LogP contribution in [0.4, 0.5) is 17.2 Å². The summed E-state index contributed by atoms with van der Waals surface area (Å²) in [4.78, 5) is 19.7. The maximum atomic E-state index is 11.5.